The van der Waals surface area contributed by atoms with E-state index in [4.69, 9.17) is 11.6 Å². The molecule has 0 saturated heterocycles. The quantitative estimate of drug-likeness (QED) is 0.152. The predicted octanol–water partition coefficient (Wildman–Crippen LogP) is 3.29. The smallest absolute Gasteiger partial charge is 0.296 e. The second kappa shape index (κ2) is 9.71. The molecule has 0 unspecified atom stereocenters. The highest BCUT2D eigenvalue weighted by Gasteiger charge is 2.22. The molecule has 184 valence electrons. The molecular weight excluding hydrogens is 522 g/mol. The summed E-state index contributed by atoms with van der Waals surface area (Å²) in [6.07, 6.45) is 0. The summed E-state index contributed by atoms with van der Waals surface area (Å²) in [5.74, 6) is -1.79. The van der Waals surface area contributed by atoms with Gasteiger partial charge in [0, 0.05) is 28.4 Å². The first-order valence-corrected chi connectivity index (χ1v) is 12.9. The summed E-state index contributed by atoms with van der Waals surface area (Å²) in [4.78, 5) is 24.0. The summed E-state index contributed by atoms with van der Waals surface area (Å²) in [5.41, 5.74) is 1.79. The van der Waals surface area contributed by atoms with Crippen LogP contribution in [0.4, 0.5) is 11.4 Å². The molecule has 3 aromatic carbocycles. The summed E-state index contributed by atoms with van der Waals surface area (Å²) < 4.78 is 65.7. The second-order valence-corrected chi connectivity index (χ2v) is 10.5. The van der Waals surface area contributed by atoms with Crippen molar-refractivity contribution in [2.24, 2.45) is 5.10 Å². The van der Waals surface area contributed by atoms with Gasteiger partial charge in [0.05, 0.1) is 5.69 Å². The Balaban J connectivity index is 2.01. The van der Waals surface area contributed by atoms with Crippen molar-refractivity contribution in [2.75, 3.05) is 10.7 Å². The number of aryl methyl sites for hydroxylation is 1. The second-order valence-electron chi connectivity index (χ2n) is 7.29. The summed E-state index contributed by atoms with van der Waals surface area (Å²) >= 11 is 6.01. The van der Waals surface area contributed by atoms with Crippen LogP contribution in [-0.2, 0) is 29.8 Å². The third-order valence-corrected chi connectivity index (χ3v) is 7.00. The van der Waals surface area contributed by atoms with Crippen LogP contribution in [0.3, 0.4) is 0 Å². The number of hydrogen-bond donors (Lipinski definition) is 4. The average Bonchev–Trinajstić information content (AvgIpc) is 2.74. The molecule has 0 aromatic heterocycles. The van der Waals surface area contributed by atoms with Crippen LogP contribution in [0, 0.1) is 6.92 Å². The van der Waals surface area contributed by atoms with E-state index in [-0.39, 0.29) is 32.1 Å². The molecule has 0 aliphatic heterocycles. The maximum atomic E-state index is 12.8. The third-order valence-electron chi connectivity index (χ3n) is 4.79. The lowest BCUT2D eigenvalue weighted by molar-refractivity contribution is -0.114. The number of anilines is 2. The number of amides is 1. The fraction of sp³-hybridized carbons (Fsp3) is 0.0952. The number of hydrazone groups is 1. The number of nitrogens with zero attached hydrogens (tertiary/aromatic N) is 1. The molecule has 11 nitrogen and oxygen atoms in total. The number of nitrogens with one attached hydrogen (secondary N) is 2. The Morgan fingerprint density at radius 1 is 0.886 bits per heavy atom. The average molecular weight is 540 g/mol. The number of fused-ring (bicyclic) bond motifs is 1. The molecule has 3 rings (SSSR count). The minimum absolute atomic E-state index is 0.115. The van der Waals surface area contributed by atoms with Crippen molar-refractivity contribution in [3.8, 4) is 0 Å². The van der Waals surface area contributed by atoms with Crippen LogP contribution in [0.15, 0.2) is 63.4 Å². The molecule has 3 aromatic rings. The van der Waals surface area contributed by atoms with Crippen LogP contribution in [-0.4, -0.2) is 43.3 Å². The van der Waals surface area contributed by atoms with E-state index in [1.165, 1.54) is 31.2 Å². The molecule has 0 atom stereocenters. The number of carbonyl (C=O) groups excluding carboxylic acids is 2. The minimum atomic E-state index is -4.70. The lowest BCUT2D eigenvalue weighted by Gasteiger charge is -2.12. The Morgan fingerprint density at radius 2 is 1.49 bits per heavy atom. The largest absolute Gasteiger partial charge is 0.320 e. The van der Waals surface area contributed by atoms with Gasteiger partial charge in [0.25, 0.3) is 26.1 Å². The molecule has 0 fully saturated rings. The maximum absolute atomic E-state index is 12.8. The van der Waals surface area contributed by atoms with Crippen LogP contribution in [0.25, 0.3) is 10.8 Å². The lowest BCUT2D eigenvalue weighted by Crippen LogP contribution is -2.29. The highest BCUT2D eigenvalue weighted by atomic mass is 35.5. The highest BCUT2D eigenvalue weighted by molar-refractivity contribution is 7.86. The van der Waals surface area contributed by atoms with Gasteiger partial charge in [-0.05, 0) is 36.8 Å². The van der Waals surface area contributed by atoms with Gasteiger partial charge >= 0.3 is 0 Å². The van der Waals surface area contributed by atoms with Crippen molar-refractivity contribution in [1.82, 2.24) is 0 Å². The van der Waals surface area contributed by atoms with Gasteiger partial charge in [-0.25, -0.2) is 0 Å². The van der Waals surface area contributed by atoms with Crippen molar-refractivity contribution in [2.45, 2.75) is 23.6 Å². The van der Waals surface area contributed by atoms with E-state index in [1.807, 2.05) is 0 Å². The molecule has 4 N–H and O–H groups in total. The van der Waals surface area contributed by atoms with Gasteiger partial charge < -0.3 is 5.32 Å². The van der Waals surface area contributed by atoms with Crippen LogP contribution in [0.2, 0.25) is 5.02 Å². The van der Waals surface area contributed by atoms with Crippen LogP contribution in [0.5, 0.6) is 0 Å². The Bertz CT molecular complexity index is 1620. The van der Waals surface area contributed by atoms with Gasteiger partial charge in [-0.2, -0.15) is 21.9 Å². The first kappa shape index (κ1) is 26.2. The Morgan fingerprint density at radius 3 is 2.06 bits per heavy atom. The first-order valence-electron chi connectivity index (χ1n) is 9.63. The highest BCUT2D eigenvalue weighted by Crippen LogP contribution is 2.30. The van der Waals surface area contributed by atoms with Crippen LogP contribution < -0.4 is 10.7 Å². The predicted molar refractivity (Wildman–Crippen MR) is 130 cm³/mol. The molecule has 0 saturated carbocycles. The Hall–Kier alpha value is -3.36. The van der Waals surface area contributed by atoms with Crippen LogP contribution in [0.1, 0.15) is 12.5 Å². The van der Waals surface area contributed by atoms with Gasteiger partial charge in [-0.3, -0.25) is 24.1 Å². The molecule has 35 heavy (non-hydrogen) atoms. The molecule has 0 aliphatic rings. The zero-order chi connectivity index (χ0) is 26.1. The maximum Gasteiger partial charge on any atom is 0.296 e. The Kier molecular flexibility index (Phi) is 7.29. The number of hydrogen-bond acceptors (Lipinski definition) is 8. The van der Waals surface area contributed by atoms with Crippen molar-refractivity contribution in [1.29, 1.82) is 0 Å². The van der Waals surface area contributed by atoms with E-state index in [0.29, 0.717) is 5.56 Å². The lowest BCUT2D eigenvalue weighted by atomic mass is 10.1. The van der Waals surface area contributed by atoms with Crippen molar-refractivity contribution in [3.63, 3.8) is 0 Å². The number of rotatable bonds is 7. The van der Waals surface area contributed by atoms with E-state index in [9.17, 15) is 35.5 Å². The molecule has 1 amide bonds. The SMILES string of the molecule is CC(=O)C(=NNc1cc(Cl)c(C)cc1S(=O)(=O)O)C(=O)Nc1ccc(S(=O)(=O)O)c2ccccc12. The third kappa shape index (κ3) is 5.83. The van der Waals surface area contributed by atoms with E-state index in [1.54, 1.807) is 6.07 Å². The fourth-order valence-corrected chi connectivity index (χ4v) is 4.72. The molecule has 0 bridgehead atoms. The number of carbonyl (C=O) groups is 2. The fourth-order valence-electron chi connectivity index (χ4n) is 3.15. The number of benzene rings is 3. The molecule has 0 heterocycles. The number of Topliss-reactive ketones (excluding diaryl/α,β-unsaturated/α-hetero) is 1. The van der Waals surface area contributed by atoms with Crippen molar-refractivity contribution >= 4 is 71.4 Å². The molecule has 0 radical (unpaired) electrons. The molecule has 14 heteroatoms. The summed E-state index contributed by atoms with van der Waals surface area (Å²) in [5, 5.41) is 6.67. The standard InChI is InChI=1S/C21H18ClN3O8S2/c1-11-9-19(35(31,32)33)17(10-15(11)22)24-25-20(12(2)26)21(27)23-16-7-8-18(34(28,29)30)14-6-4-3-5-13(14)16/h3-10,24H,1-2H3,(H,23,27)(H,28,29,30)(H,31,32,33). The zero-order valence-corrected chi connectivity index (χ0v) is 20.5. The van der Waals surface area contributed by atoms with E-state index in [0.717, 1.165) is 25.1 Å². The summed E-state index contributed by atoms with van der Waals surface area (Å²) in [6.45, 7) is 2.56. The molecular formula is C21H18ClN3O8S2. The van der Waals surface area contributed by atoms with Crippen molar-refractivity contribution < 1.29 is 35.5 Å². The minimum Gasteiger partial charge on any atom is -0.320 e. The molecule has 0 aliphatic carbocycles. The normalized spacial score (nSPS) is 12.4. The number of halogens is 1. The van der Waals surface area contributed by atoms with Gasteiger partial charge in [0.15, 0.2) is 11.5 Å². The van der Waals surface area contributed by atoms with Crippen molar-refractivity contribution in [3.05, 3.63) is 59.1 Å². The van der Waals surface area contributed by atoms with Gasteiger partial charge in [0.2, 0.25) is 0 Å². The molecule has 0 spiro atoms. The van der Waals surface area contributed by atoms with E-state index >= 15 is 0 Å². The van der Waals surface area contributed by atoms with Gasteiger partial charge in [0.1, 0.15) is 9.79 Å². The zero-order valence-electron chi connectivity index (χ0n) is 18.1. The topological polar surface area (TPSA) is 179 Å². The Labute approximate surface area is 205 Å². The summed E-state index contributed by atoms with van der Waals surface area (Å²) in [6, 6.07) is 10.6. The first-order chi connectivity index (χ1) is 16.2. The van der Waals surface area contributed by atoms with E-state index in [2.05, 4.69) is 15.8 Å². The summed E-state index contributed by atoms with van der Waals surface area (Å²) in [7, 11) is -9.24. The van der Waals surface area contributed by atoms with Crippen LogP contribution >= 0.6 is 11.6 Å². The monoisotopic (exact) mass is 539 g/mol. The van der Waals surface area contributed by atoms with E-state index < -0.39 is 42.5 Å². The number of ketones is 1. The van der Waals surface area contributed by atoms with Gasteiger partial charge in [-0.1, -0.05) is 35.9 Å². The van der Waals surface area contributed by atoms with Gasteiger partial charge in [-0.15, -0.1) is 0 Å².